The third-order valence-corrected chi connectivity index (χ3v) is 4.05. The summed E-state index contributed by atoms with van der Waals surface area (Å²) in [5.41, 5.74) is 4.01. The van der Waals surface area contributed by atoms with Gasteiger partial charge in [0.1, 0.15) is 16.5 Å². The van der Waals surface area contributed by atoms with Crippen LogP contribution in [0.3, 0.4) is 0 Å². The Hall–Kier alpha value is -2.10. The first-order valence-corrected chi connectivity index (χ1v) is 6.51. The zero-order chi connectivity index (χ0) is 14.7. The van der Waals surface area contributed by atoms with E-state index in [-0.39, 0.29) is 18.9 Å². The van der Waals surface area contributed by atoms with Crippen molar-refractivity contribution in [1.82, 2.24) is 14.7 Å². The van der Waals surface area contributed by atoms with Crippen molar-refractivity contribution in [2.75, 3.05) is 11.9 Å². The third-order valence-electron chi connectivity index (χ3n) is 3.66. The van der Waals surface area contributed by atoms with Crippen molar-refractivity contribution in [3.8, 4) is 0 Å². The monoisotopic (exact) mass is 343 g/mol. The van der Waals surface area contributed by atoms with Gasteiger partial charge in [0, 0.05) is 12.5 Å². The van der Waals surface area contributed by atoms with Gasteiger partial charge in [-0.1, -0.05) is 0 Å². The van der Waals surface area contributed by atoms with Gasteiger partial charge in [-0.3, -0.25) is 14.5 Å². The Labute approximate surface area is 120 Å². The second-order valence-corrected chi connectivity index (χ2v) is 5.60. The molecule has 3 heterocycles. The number of anilines is 1. The zero-order valence-corrected chi connectivity index (χ0v) is 11.6. The molecule has 10 heteroatoms. The Balaban J connectivity index is 2.08. The highest BCUT2D eigenvalue weighted by atomic mass is 79.9. The minimum absolute atomic E-state index is 0.0262. The third kappa shape index (κ3) is 1.54. The number of nitrogens with two attached hydrogens (primary N) is 1. The van der Waals surface area contributed by atoms with Gasteiger partial charge >= 0.3 is 6.09 Å². The van der Waals surface area contributed by atoms with E-state index < -0.39 is 23.6 Å². The summed E-state index contributed by atoms with van der Waals surface area (Å²) in [7, 11) is 0. The van der Waals surface area contributed by atoms with Crippen molar-refractivity contribution in [3.05, 3.63) is 10.7 Å². The summed E-state index contributed by atoms with van der Waals surface area (Å²) in [5.74, 6) is -0.711. The van der Waals surface area contributed by atoms with Gasteiger partial charge in [0.15, 0.2) is 5.54 Å². The van der Waals surface area contributed by atoms with Crippen molar-refractivity contribution in [1.29, 1.82) is 0 Å². The van der Waals surface area contributed by atoms with Crippen LogP contribution in [-0.4, -0.2) is 50.3 Å². The summed E-state index contributed by atoms with van der Waals surface area (Å²) in [4.78, 5) is 35.7. The van der Waals surface area contributed by atoms with Gasteiger partial charge in [0.05, 0.1) is 6.54 Å². The Morgan fingerprint density at radius 1 is 1.60 bits per heavy atom. The Bertz CT molecular complexity index is 620. The molecule has 2 aliphatic rings. The first-order valence-electron chi connectivity index (χ1n) is 5.71. The van der Waals surface area contributed by atoms with Gasteiger partial charge in [-0.2, -0.15) is 5.10 Å². The van der Waals surface area contributed by atoms with Gasteiger partial charge in [0.25, 0.3) is 5.91 Å². The number of fused-ring (bicyclic) bond motifs is 2. The summed E-state index contributed by atoms with van der Waals surface area (Å²) in [6, 6.07) is 0.558. The number of carbonyl (C=O) groups is 3. The Morgan fingerprint density at radius 3 is 2.85 bits per heavy atom. The average molecular weight is 344 g/mol. The fourth-order valence-electron chi connectivity index (χ4n) is 2.76. The smallest absolute Gasteiger partial charge is 0.408 e. The summed E-state index contributed by atoms with van der Waals surface area (Å²) in [6.45, 7) is -0.164. The SMILES string of the molecule is NC(=O)[C@@H]1C[C@@]2(CN1C(=O)O)C(=O)Nc1cc(Br)nn12. The van der Waals surface area contributed by atoms with E-state index in [0.717, 1.165) is 4.90 Å². The van der Waals surface area contributed by atoms with Gasteiger partial charge in [0.2, 0.25) is 5.91 Å². The standard InChI is InChI=1S/C10H10BrN5O4/c11-5-1-6-13-8(18)10(16(6)14-5)2-4(7(12)17)15(3-10)9(19)20/h1,4H,2-3H2,(H2,12,17)(H,13,18)(H,19,20)/t4-,10+/m0/s1. The number of halogens is 1. The van der Waals surface area contributed by atoms with Crippen molar-refractivity contribution in [2.45, 2.75) is 18.0 Å². The minimum Gasteiger partial charge on any atom is -0.465 e. The lowest BCUT2D eigenvalue weighted by Gasteiger charge is -2.21. The number of primary amides is 1. The highest BCUT2D eigenvalue weighted by molar-refractivity contribution is 9.10. The molecule has 20 heavy (non-hydrogen) atoms. The maximum absolute atomic E-state index is 12.2. The van der Waals surface area contributed by atoms with Crippen LogP contribution in [-0.2, 0) is 15.1 Å². The average Bonchev–Trinajstić information content (AvgIpc) is 2.96. The van der Waals surface area contributed by atoms with Crippen LogP contribution in [0.2, 0.25) is 0 Å². The normalized spacial score (nSPS) is 27.8. The first-order chi connectivity index (χ1) is 9.35. The molecule has 4 N–H and O–H groups in total. The lowest BCUT2D eigenvalue weighted by Crippen LogP contribution is -2.44. The summed E-state index contributed by atoms with van der Waals surface area (Å²) < 4.78 is 1.93. The number of carbonyl (C=O) groups excluding carboxylic acids is 2. The topological polar surface area (TPSA) is 131 Å². The van der Waals surface area contributed by atoms with Crippen molar-refractivity contribution >= 4 is 39.7 Å². The van der Waals surface area contributed by atoms with Crippen LogP contribution < -0.4 is 11.1 Å². The molecule has 3 amide bonds. The number of amides is 3. The Morgan fingerprint density at radius 2 is 2.30 bits per heavy atom. The number of likely N-dealkylation sites (tertiary alicyclic amines) is 1. The van der Waals surface area contributed by atoms with E-state index in [1.165, 1.54) is 4.68 Å². The molecule has 0 unspecified atom stereocenters. The fraction of sp³-hybridized carbons (Fsp3) is 0.400. The van der Waals surface area contributed by atoms with Gasteiger partial charge in [-0.25, -0.2) is 9.48 Å². The van der Waals surface area contributed by atoms with E-state index in [0.29, 0.717) is 10.4 Å². The minimum atomic E-state index is -1.29. The second kappa shape index (κ2) is 3.95. The molecule has 1 aromatic rings. The number of hydrogen-bond acceptors (Lipinski definition) is 4. The van der Waals surface area contributed by atoms with Crippen LogP contribution in [0, 0.1) is 0 Å². The maximum atomic E-state index is 12.2. The molecule has 1 fully saturated rings. The highest BCUT2D eigenvalue weighted by Crippen LogP contribution is 2.41. The summed E-state index contributed by atoms with van der Waals surface area (Å²) in [6.07, 6.45) is -1.32. The number of nitrogens with one attached hydrogen (secondary N) is 1. The molecular formula is C10H10BrN5O4. The van der Waals surface area contributed by atoms with E-state index in [2.05, 4.69) is 26.3 Å². The zero-order valence-electron chi connectivity index (χ0n) is 10.0. The molecule has 106 valence electrons. The maximum Gasteiger partial charge on any atom is 0.408 e. The van der Waals surface area contributed by atoms with Gasteiger partial charge < -0.3 is 16.2 Å². The van der Waals surface area contributed by atoms with Crippen LogP contribution in [0.5, 0.6) is 0 Å². The van der Waals surface area contributed by atoms with Crippen molar-refractivity contribution < 1.29 is 19.5 Å². The molecule has 0 aliphatic carbocycles. The summed E-state index contributed by atoms with van der Waals surface area (Å²) in [5, 5.41) is 15.9. The number of hydrogen-bond donors (Lipinski definition) is 3. The first kappa shape index (κ1) is 12.9. The van der Waals surface area contributed by atoms with E-state index >= 15 is 0 Å². The number of nitrogens with zero attached hydrogens (tertiary/aromatic N) is 3. The fourth-order valence-corrected chi connectivity index (χ4v) is 3.13. The second-order valence-electron chi connectivity index (χ2n) is 4.78. The molecule has 0 radical (unpaired) electrons. The van der Waals surface area contributed by atoms with Gasteiger partial charge in [-0.15, -0.1) is 0 Å². The molecule has 2 atom stereocenters. The van der Waals surface area contributed by atoms with E-state index in [1.54, 1.807) is 6.07 Å². The lowest BCUT2D eigenvalue weighted by atomic mass is 9.96. The van der Waals surface area contributed by atoms with Gasteiger partial charge in [-0.05, 0) is 15.9 Å². The molecule has 0 bridgehead atoms. The predicted octanol–water partition coefficient (Wildman–Crippen LogP) is -0.469. The predicted molar refractivity (Wildman–Crippen MR) is 68.9 cm³/mol. The van der Waals surface area contributed by atoms with Crippen molar-refractivity contribution in [2.24, 2.45) is 5.73 Å². The van der Waals surface area contributed by atoms with Crippen LogP contribution in [0.15, 0.2) is 10.7 Å². The molecule has 3 rings (SSSR count). The van der Waals surface area contributed by atoms with Crippen LogP contribution in [0.1, 0.15) is 6.42 Å². The molecule has 0 saturated carbocycles. The number of aromatic nitrogens is 2. The molecule has 1 aromatic heterocycles. The Kier molecular flexibility index (Phi) is 2.55. The molecule has 2 aliphatic heterocycles. The molecule has 0 aromatic carbocycles. The number of carboxylic acid groups (broad SMARTS) is 1. The highest BCUT2D eigenvalue weighted by Gasteiger charge is 2.58. The molecule has 9 nitrogen and oxygen atoms in total. The molecule has 1 spiro atoms. The van der Waals surface area contributed by atoms with E-state index in [4.69, 9.17) is 10.8 Å². The largest absolute Gasteiger partial charge is 0.465 e. The van der Waals surface area contributed by atoms with Crippen molar-refractivity contribution in [3.63, 3.8) is 0 Å². The number of rotatable bonds is 1. The summed E-state index contributed by atoms with van der Waals surface area (Å²) >= 11 is 3.19. The van der Waals surface area contributed by atoms with Crippen LogP contribution in [0.25, 0.3) is 0 Å². The molecule has 1 saturated heterocycles. The quantitative estimate of drug-likeness (QED) is 0.634. The van der Waals surface area contributed by atoms with E-state index in [1.807, 2.05) is 0 Å². The van der Waals surface area contributed by atoms with E-state index in [9.17, 15) is 14.4 Å². The van der Waals surface area contributed by atoms with Crippen LogP contribution in [0.4, 0.5) is 10.6 Å². The lowest BCUT2D eigenvalue weighted by molar-refractivity contribution is -0.123. The van der Waals surface area contributed by atoms with Crippen LogP contribution >= 0.6 is 15.9 Å². The molecular weight excluding hydrogens is 334 g/mol.